The number of carbonyl (C=O) groups is 1. The molecule has 0 aliphatic heterocycles. The first-order valence-electron chi connectivity index (χ1n) is 4.31. The molecule has 0 spiro atoms. The minimum Gasteiger partial charge on any atom is -0.372 e. The van der Waals surface area contributed by atoms with Gasteiger partial charge >= 0.3 is 6.18 Å². The van der Waals surface area contributed by atoms with E-state index in [9.17, 15) is 18.0 Å². The molecule has 0 unspecified atom stereocenters. The molecule has 0 aromatic carbocycles. The summed E-state index contributed by atoms with van der Waals surface area (Å²) in [7, 11) is 0. The van der Waals surface area contributed by atoms with E-state index in [2.05, 4.69) is 20.7 Å². The third kappa shape index (κ3) is 4.63. The van der Waals surface area contributed by atoms with Gasteiger partial charge in [0.2, 0.25) is 0 Å². The molecule has 0 atom stereocenters. The molecule has 1 heterocycles. The molecule has 16 heavy (non-hydrogen) atoms. The number of hydrogen-bond acceptors (Lipinski definition) is 3. The van der Waals surface area contributed by atoms with Crippen LogP contribution in [0.25, 0.3) is 0 Å². The van der Waals surface area contributed by atoms with Gasteiger partial charge in [-0.2, -0.15) is 13.2 Å². The van der Waals surface area contributed by atoms with Gasteiger partial charge in [-0.15, -0.1) is 11.3 Å². The number of Topliss-reactive ketones (excluding diaryl/α,β-unsaturated/α-hetero) is 1. The van der Waals surface area contributed by atoms with E-state index in [-0.39, 0.29) is 18.8 Å². The number of halogens is 4. The Kier molecular flexibility index (Phi) is 4.94. The average molecular weight is 317 g/mol. The number of thiophene rings is 1. The summed E-state index contributed by atoms with van der Waals surface area (Å²) in [5.41, 5.74) is 0. The van der Waals surface area contributed by atoms with Crippen LogP contribution >= 0.6 is 27.3 Å². The molecule has 0 saturated heterocycles. The van der Waals surface area contributed by atoms with Crippen LogP contribution in [0.1, 0.15) is 16.1 Å². The van der Waals surface area contributed by atoms with Crippen LogP contribution in [0.15, 0.2) is 15.9 Å². The average Bonchev–Trinajstić information content (AvgIpc) is 2.57. The Morgan fingerprint density at radius 2 is 2.19 bits per heavy atom. The molecule has 0 amide bonds. The molecule has 0 aliphatic carbocycles. The van der Waals surface area contributed by atoms with Crippen molar-refractivity contribution in [3.8, 4) is 0 Å². The van der Waals surface area contributed by atoms with Crippen LogP contribution in [0.3, 0.4) is 0 Å². The highest BCUT2D eigenvalue weighted by molar-refractivity contribution is 9.10. The minimum atomic E-state index is -4.34. The van der Waals surface area contributed by atoms with E-state index in [1.807, 2.05) is 0 Å². The SMILES string of the molecule is O=C(CCOCC(F)(F)F)c1sccc1Br. The van der Waals surface area contributed by atoms with Gasteiger partial charge in [0.05, 0.1) is 11.5 Å². The summed E-state index contributed by atoms with van der Waals surface area (Å²) in [6.45, 7) is -1.53. The van der Waals surface area contributed by atoms with Crippen LogP contribution in [0, 0.1) is 0 Å². The lowest BCUT2D eigenvalue weighted by Crippen LogP contribution is -2.18. The molecule has 1 rings (SSSR count). The Hall–Kier alpha value is -0.400. The van der Waals surface area contributed by atoms with Crippen molar-refractivity contribution >= 4 is 33.0 Å². The molecule has 0 bridgehead atoms. The van der Waals surface area contributed by atoms with Crippen molar-refractivity contribution in [2.75, 3.05) is 13.2 Å². The molecule has 0 N–H and O–H groups in total. The maximum Gasteiger partial charge on any atom is 0.411 e. The van der Waals surface area contributed by atoms with E-state index in [0.29, 0.717) is 9.35 Å². The second-order valence-corrected chi connectivity index (χ2v) is 4.71. The first-order valence-corrected chi connectivity index (χ1v) is 5.98. The second-order valence-electron chi connectivity index (χ2n) is 2.94. The lowest BCUT2D eigenvalue weighted by Gasteiger charge is -2.06. The van der Waals surface area contributed by atoms with Crippen molar-refractivity contribution in [2.45, 2.75) is 12.6 Å². The van der Waals surface area contributed by atoms with E-state index in [4.69, 9.17) is 0 Å². The van der Waals surface area contributed by atoms with Gasteiger partial charge in [-0.05, 0) is 27.4 Å². The van der Waals surface area contributed by atoms with Gasteiger partial charge in [0, 0.05) is 10.9 Å². The van der Waals surface area contributed by atoms with Crippen molar-refractivity contribution < 1.29 is 22.7 Å². The van der Waals surface area contributed by atoms with E-state index < -0.39 is 12.8 Å². The van der Waals surface area contributed by atoms with E-state index in [1.54, 1.807) is 11.4 Å². The van der Waals surface area contributed by atoms with E-state index in [0.717, 1.165) is 0 Å². The highest BCUT2D eigenvalue weighted by Gasteiger charge is 2.27. The summed E-state index contributed by atoms with van der Waals surface area (Å²) >= 11 is 4.42. The van der Waals surface area contributed by atoms with Crippen LogP contribution in [0.5, 0.6) is 0 Å². The van der Waals surface area contributed by atoms with E-state index in [1.165, 1.54) is 11.3 Å². The summed E-state index contributed by atoms with van der Waals surface area (Å²) in [6, 6.07) is 1.72. The van der Waals surface area contributed by atoms with Crippen LogP contribution in [-0.2, 0) is 4.74 Å². The van der Waals surface area contributed by atoms with Gasteiger partial charge in [-0.3, -0.25) is 4.79 Å². The molecular weight excluding hydrogens is 309 g/mol. The predicted octanol–water partition coefficient (Wildman–Crippen LogP) is 3.66. The van der Waals surface area contributed by atoms with Gasteiger partial charge in [0.15, 0.2) is 5.78 Å². The van der Waals surface area contributed by atoms with Crippen molar-refractivity contribution in [3.63, 3.8) is 0 Å². The second kappa shape index (κ2) is 5.79. The zero-order chi connectivity index (χ0) is 12.2. The molecule has 0 radical (unpaired) electrons. The lowest BCUT2D eigenvalue weighted by atomic mass is 10.2. The standard InChI is InChI=1S/C9H8BrF3O2S/c10-6-2-4-16-8(6)7(14)1-3-15-5-9(11,12)13/h2,4H,1,3,5H2. The first kappa shape index (κ1) is 13.7. The number of carbonyl (C=O) groups excluding carboxylic acids is 1. The summed E-state index contributed by atoms with van der Waals surface area (Å²) in [5, 5.41) is 1.73. The number of rotatable bonds is 5. The summed E-state index contributed by atoms with van der Waals surface area (Å²) in [6.07, 6.45) is -4.39. The Balaban J connectivity index is 2.29. The number of alkyl halides is 3. The smallest absolute Gasteiger partial charge is 0.372 e. The largest absolute Gasteiger partial charge is 0.411 e. The topological polar surface area (TPSA) is 26.3 Å². The van der Waals surface area contributed by atoms with Crippen molar-refractivity contribution in [1.29, 1.82) is 0 Å². The molecule has 0 aliphatic rings. The molecule has 90 valence electrons. The summed E-state index contributed by atoms with van der Waals surface area (Å²) in [5.74, 6) is -0.218. The van der Waals surface area contributed by atoms with Gasteiger partial charge in [0.1, 0.15) is 6.61 Å². The number of hydrogen-bond donors (Lipinski definition) is 0. The fourth-order valence-corrected chi connectivity index (χ4v) is 2.52. The zero-order valence-corrected chi connectivity index (χ0v) is 10.4. The quantitative estimate of drug-likeness (QED) is 0.612. The van der Waals surface area contributed by atoms with Gasteiger partial charge in [0.25, 0.3) is 0 Å². The number of ketones is 1. The highest BCUT2D eigenvalue weighted by atomic mass is 79.9. The third-order valence-corrected chi connectivity index (χ3v) is 3.49. The van der Waals surface area contributed by atoms with Gasteiger partial charge < -0.3 is 4.74 Å². The fraction of sp³-hybridized carbons (Fsp3) is 0.444. The first-order chi connectivity index (χ1) is 7.40. The Morgan fingerprint density at radius 3 is 2.69 bits per heavy atom. The maximum atomic E-state index is 11.7. The minimum absolute atomic E-state index is 0.0464. The zero-order valence-electron chi connectivity index (χ0n) is 8.01. The van der Waals surface area contributed by atoms with Crippen LogP contribution in [0.2, 0.25) is 0 Å². The molecule has 0 fully saturated rings. The summed E-state index contributed by atoms with van der Waals surface area (Å²) < 4.78 is 40.1. The fourth-order valence-electron chi connectivity index (χ4n) is 0.959. The predicted molar refractivity (Wildman–Crippen MR) is 57.8 cm³/mol. The monoisotopic (exact) mass is 316 g/mol. The number of ether oxygens (including phenoxy) is 1. The van der Waals surface area contributed by atoms with Gasteiger partial charge in [-0.25, -0.2) is 0 Å². The third-order valence-electron chi connectivity index (χ3n) is 1.61. The highest BCUT2D eigenvalue weighted by Crippen LogP contribution is 2.24. The van der Waals surface area contributed by atoms with Crippen molar-refractivity contribution in [2.24, 2.45) is 0 Å². The van der Waals surface area contributed by atoms with Crippen molar-refractivity contribution in [3.05, 3.63) is 20.8 Å². The van der Waals surface area contributed by atoms with Gasteiger partial charge in [-0.1, -0.05) is 0 Å². The van der Waals surface area contributed by atoms with Crippen LogP contribution < -0.4 is 0 Å². The Morgan fingerprint density at radius 1 is 1.50 bits per heavy atom. The molecule has 0 saturated carbocycles. The normalized spacial score (nSPS) is 11.8. The van der Waals surface area contributed by atoms with Crippen LogP contribution in [-0.4, -0.2) is 25.2 Å². The van der Waals surface area contributed by atoms with Crippen LogP contribution in [0.4, 0.5) is 13.2 Å². The molecule has 1 aromatic rings. The molecule has 2 nitrogen and oxygen atoms in total. The Labute approximate surface area is 103 Å². The van der Waals surface area contributed by atoms with Crippen molar-refractivity contribution in [1.82, 2.24) is 0 Å². The lowest BCUT2D eigenvalue weighted by molar-refractivity contribution is -0.173. The maximum absolute atomic E-state index is 11.7. The molecule has 7 heteroatoms. The molecular formula is C9H8BrF3O2S. The van der Waals surface area contributed by atoms with E-state index >= 15 is 0 Å². The summed E-state index contributed by atoms with van der Waals surface area (Å²) in [4.78, 5) is 12.0. The Bertz CT molecular complexity index is 362. The molecule has 1 aromatic heterocycles.